The van der Waals surface area contributed by atoms with Gasteiger partial charge < -0.3 is 14.6 Å². The van der Waals surface area contributed by atoms with Crippen molar-refractivity contribution in [2.45, 2.75) is 44.6 Å². The van der Waals surface area contributed by atoms with Crippen LogP contribution in [0.3, 0.4) is 0 Å². The van der Waals surface area contributed by atoms with Gasteiger partial charge in [-0.25, -0.2) is 0 Å². The zero-order chi connectivity index (χ0) is 16.1. The Bertz CT molecular complexity index is 573. The van der Waals surface area contributed by atoms with Crippen LogP contribution in [-0.2, 0) is 4.79 Å². The first-order valence-electron chi connectivity index (χ1n) is 7.53. The number of hydrogen-bond donors (Lipinski definition) is 1. The predicted octanol–water partition coefficient (Wildman–Crippen LogP) is 3.34. The number of rotatable bonds is 6. The van der Waals surface area contributed by atoms with Crippen molar-refractivity contribution in [3.05, 3.63) is 23.8 Å². The fraction of sp³-hybridized carbons (Fsp3) is 0.529. The van der Waals surface area contributed by atoms with E-state index >= 15 is 0 Å². The second-order valence-corrected chi connectivity index (χ2v) is 5.67. The Morgan fingerprint density at radius 3 is 2.59 bits per heavy atom. The van der Waals surface area contributed by atoms with Crippen molar-refractivity contribution in [2.24, 2.45) is 5.92 Å². The van der Waals surface area contributed by atoms with Gasteiger partial charge in [-0.3, -0.25) is 4.79 Å². The minimum Gasteiger partial charge on any atom is -0.493 e. The van der Waals surface area contributed by atoms with Crippen molar-refractivity contribution < 1.29 is 19.4 Å². The molecule has 0 aromatic heterocycles. The Hall–Kier alpha value is -2.22. The zero-order valence-corrected chi connectivity index (χ0v) is 12.9. The molecular weight excluding hydrogens is 282 g/mol. The molecule has 1 fully saturated rings. The third-order valence-corrected chi connectivity index (χ3v) is 4.17. The lowest BCUT2D eigenvalue weighted by Crippen LogP contribution is -2.18. The van der Waals surface area contributed by atoms with Gasteiger partial charge in [-0.15, -0.1) is 0 Å². The van der Waals surface area contributed by atoms with Crippen LogP contribution < -0.4 is 9.47 Å². The molecule has 0 saturated heterocycles. The van der Waals surface area contributed by atoms with E-state index in [4.69, 9.17) is 14.6 Å². The molecule has 0 bridgehead atoms. The van der Waals surface area contributed by atoms with Gasteiger partial charge in [0.05, 0.1) is 31.1 Å². The number of hydrogen-bond acceptors (Lipinski definition) is 4. The average molecular weight is 303 g/mol. The van der Waals surface area contributed by atoms with E-state index in [0.29, 0.717) is 17.1 Å². The molecule has 5 nitrogen and oxygen atoms in total. The minimum absolute atomic E-state index is 0.168. The third-order valence-electron chi connectivity index (χ3n) is 4.17. The van der Waals surface area contributed by atoms with Crippen LogP contribution in [0.5, 0.6) is 11.5 Å². The molecule has 2 unspecified atom stereocenters. The van der Waals surface area contributed by atoms with E-state index < -0.39 is 17.8 Å². The summed E-state index contributed by atoms with van der Waals surface area (Å²) in [5.74, 6) is -1.28. The largest absolute Gasteiger partial charge is 0.493 e. The van der Waals surface area contributed by atoms with Crippen molar-refractivity contribution in [3.63, 3.8) is 0 Å². The van der Waals surface area contributed by atoms with Crippen LogP contribution in [0.4, 0.5) is 0 Å². The Morgan fingerprint density at radius 1 is 1.36 bits per heavy atom. The van der Waals surface area contributed by atoms with Crippen LogP contribution in [-0.4, -0.2) is 24.3 Å². The highest BCUT2D eigenvalue weighted by molar-refractivity contribution is 5.71. The molecule has 1 aromatic carbocycles. The van der Waals surface area contributed by atoms with E-state index in [2.05, 4.69) is 6.07 Å². The highest BCUT2D eigenvalue weighted by atomic mass is 16.5. The van der Waals surface area contributed by atoms with Gasteiger partial charge in [-0.1, -0.05) is 13.0 Å². The maximum Gasteiger partial charge on any atom is 0.307 e. The minimum atomic E-state index is -0.986. The van der Waals surface area contributed by atoms with E-state index in [9.17, 15) is 10.1 Å². The lowest BCUT2D eigenvalue weighted by atomic mass is 9.88. The first kappa shape index (κ1) is 16.2. The van der Waals surface area contributed by atoms with Gasteiger partial charge >= 0.3 is 5.97 Å². The van der Waals surface area contributed by atoms with Crippen LogP contribution >= 0.6 is 0 Å². The maximum atomic E-state index is 11.2. The van der Waals surface area contributed by atoms with E-state index in [-0.39, 0.29) is 6.10 Å². The molecule has 1 aliphatic rings. The Kier molecular flexibility index (Phi) is 5.26. The first-order valence-corrected chi connectivity index (χ1v) is 7.53. The third kappa shape index (κ3) is 3.51. The fourth-order valence-corrected chi connectivity index (χ4v) is 2.78. The van der Waals surface area contributed by atoms with Gasteiger partial charge in [0, 0.05) is 0 Å². The van der Waals surface area contributed by atoms with E-state index in [0.717, 1.165) is 25.7 Å². The highest BCUT2D eigenvalue weighted by Gasteiger charge is 2.26. The van der Waals surface area contributed by atoms with Crippen molar-refractivity contribution in [2.75, 3.05) is 7.11 Å². The summed E-state index contributed by atoms with van der Waals surface area (Å²) in [5, 5.41) is 18.5. The van der Waals surface area contributed by atoms with E-state index in [1.165, 1.54) is 6.92 Å². The summed E-state index contributed by atoms with van der Waals surface area (Å²) in [5.41, 5.74) is 0.645. The van der Waals surface area contributed by atoms with Gasteiger partial charge in [0.15, 0.2) is 11.5 Å². The van der Waals surface area contributed by atoms with Gasteiger partial charge in [0.2, 0.25) is 0 Å². The molecule has 2 rings (SSSR count). The molecule has 1 aromatic rings. The van der Waals surface area contributed by atoms with Crippen LogP contribution in [0.1, 0.15) is 44.1 Å². The number of ether oxygens (including phenoxy) is 2. The summed E-state index contributed by atoms with van der Waals surface area (Å²) in [6.07, 6.45) is 4.51. The van der Waals surface area contributed by atoms with Crippen LogP contribution in [0.15, 0.2) is 18.2 Å². The summed E-state index contributed by atoms with van der Waals surface area (Å²) in [7, 11) is 1.57. The molecule has 118 valence electrons. The van der Waals surface area contributed by atoms with Gasteiger partial charge in [0.25, 0.3) is 0 Å². The molecule has 0 spiro atoms. The molecule has 1 aliphatic carbocycles. The zero-order valence-electron chi connectivity index (χ0n) is 12.9. The van der Waals surface area contributed by atoms with Crippen LogP contribution in [0, 0.1) is 17.2 Å². The molecule has 22 heavy (non-hydrogen) atoms. The fourth-order valence-electron chi connectivity index (χ4n) is 2.78. The lowest BCUT2D eigenvalue weighted by molar-refractivity contribution is -0.141. The average Bonchev–Trinajstić information content (AvgIpc) is 3.01. The molecule has 2 atom stereocenters. The summed E-state index contributed by atoms with van der Waals surface area (Å²) >= 11 is 0. The molecule has 1 N–H and O–H groups in total. The number of nitrogens with zero attached hydrogens (tertiary/aromatic N) is 1. The van der Waals surface area contributed by atoms with E-state index in [1.54, 1.807) is 25.3 Å². The van der Waals surface area contributed by atoms with Crippen molar-refractivity contribution in [3.8, 4) is 17.6 Å². The summed E-state index contributed by atoms with van der Waals surface area (Å²) < 4.78 is 11.3. The van der Waals surface area contributed by atoms with Crippen molar-refractivity contribution in [1.82, 2.24) is 0 Å². The number of benzene rings is 1. The highest BCUT2D eigenvalue weighted by Crippen LogP contribution is 2.35. The smallest absolute Gasteiger partial charge is 0.307 e. The standard InChI is InChI=1S/C17H21NO4/c1-11(17(19)20)14(10-18)12-7-8-15(21-2)16(9-12)22-13-5-3-4-6-13/h7-9,11,13-14H,3-6H2,1-2H3,(H,19,20). The monoisotopic (exact) mass is 303 g/mol. The Labute approximate surface area is 130 Å². The molecule has 0 radical (unpaired) electrons. The summed E-state index contributed by atoms with van der Waals surface area (Å²) in [6, 6.07) is 7.29. The van der Waals surface area contributed by atoms with Crippen LogP contribution in [0.2, 0.25) is 0 Å². The van der Waals surface area contributed by atoms with Crippen molar-refractivity contribution >= 4 is 5.97 Å². The molecule has 1 saturated carbocycles. The maximum absolute atomic E-state index is 11.2. The molecule has 0 amide bonds. The van der Waals surface area contributed by atoms with Crippen molar-refractivity contribution in [1.29, 1.82) is 5.26 Å². The number of carboxylic acids is 1. The topological polar surface area (TPSA) is 79.5 Å². The Balaban J connectivity index is 2.28. The number of carbonyl (C=O) groups is 1. The number of aliphatic carboxylic acids is 1. The molecule has 0 aliphatic heterocycles. The van der Waals surface area contributed by atoms with Gasteiger partial charge in [0.1, 0.15) is 0 Å². The summed E-state index contributed by atoms with van der Waals surface area (Å²) in [6.45, 7) is 1.54. The quantitative estimate of drug-likeness (QED) is 0.871. The molecular formula is C17H21NO4. The number of methoxy groups -OCH3 is 1. The molecule has 5 heteroatoms. The number of nitriles is 1. The predicted molar refractivity (Wildman–Crippen MR) is 81.0 cm³/mol. The lowest BCUT2D eigenvalue weighted by Gasteiger charge is -2.19. The second kappa shape index (κ2) is 7.17. The summed E-state index contributed by atoms with van der Waals surface area (Å²) in [4.78, 5) is 11.2. The first-order chi connectivity index (χ1) is 10.6. The number of carboxylic acid groups (broad SMARTS) is 1. The van der Waals surface area contributed by atoms with Crippen LogP contribution in [0.25, 0.3) is 0 Å². The van der Waals surface area contributed by atoms with Gasteiger partial charge in [-0.2, -0.15) is 5.26 Å². The van der Waals surface area contributed by atoms with E-state index in [1.807, 2.05) is 0 Å². The molecule has 0 heterocycles. The Morgan fingerprint density at radius 2 is 2.05 bits per heavy atom. The normalized spacial score (nSPS) is 17.5. The second-order valence-electron chi connectivity index (χ2n) is 5.67. The van der Waals surface area contributed by atoms with Gasteiger partial charge in [-0.05, 0) is 43.4 Å². The SMILES string of the molecule is COc1ccc(C(C#N)C(C)C(=O)O)cc1OC1CCCC1.